The van der Waals surface area contributed by atoms with Crippen LogP contribution in [-0.2, 0) is 16.0 Å². The molecule has 6 heteroatoms. The summed E-state index contributed by atoms with van der Waals surface area (Å²) in [5, 5.41) is 7.00. The summed E-state index contributed by atoms with van der Waals surface area (Å²) in [7, 11) is 5.07. The fraction of sp³-hybridized carbons (Fsp3) is 0.455. The van der Waals surface area contributed by atoms with E-state index in [1.165, 1.54) is 5.56 Å². The number of allylic oxidation sites excluding steroid dienone is 2. The van der Waals surface area contributed by atoms with Gasteiger partial charge in [0.1, 0.15) is 12.6 Å². The van der Waals surface area contributed by atoms with Crippen molar-refractivity contribution in [2.75, 3.05) is 38.3 Å². The number of fused-ring (bicyclic) bond motifs is 1. The molecule has 2 aromatic carbocycles. The number of hydrogen-bond donors (Lipinski definition) is 1. The molecule has 0 spiro atoms. The van der Waals surface area contributed by atoms with Crippen LogP contribution in [0.15, 0.2) is 41.6 Å². The van der Waals surface area contributed by atoms with Gasteiger partial charge in [-0.3, -0.25) is 4.79 Å². The zero-order valence-electron chi connectivity index (χ0n) is 26.0. The molecule has 1 aliphatic rings. The molecule has 2 aromatic rings. The number of anilines is 1. The summed E-state index contributed by atoms with van der Waals surface area (Å²) >= 11 is 1.65. The van der Waals surface area contributed by atoms with Gasteiger partial charge < -0.3 is 19.1 Å². The van der Waals surface area contributed by atoms with Crippen molar-refractivity contribution < 1.29 is 14.7 Å². The third-order valence-corrected chi connectivity index (χ3v) is 7.13. The number of aliphatic hydroxyl groups excluding tert-OH is 1. The lowest BCUT2D eigenvalue weighted by molar-refractivity contribution is -0.107. The molecular weight excluding hydrogens is 504 g/mol. The lowest BCUT2D eigenvalue weighted by atomic mass is 9.79. The second-order valence-corrected chi connectivity index (χ2v) is 12.3. The summed E-state index contributed by atoms with van der Waals surface area (Å²) < 4.78 is 2.24. The van der Waals surface area contributed by atoms with Crippen LogP contribution in [0.5, 0.6) is 0 Å². The Bertz CT molecular complexity index is 1200. The van der Waals surface area contributed by atoms with Crippen LogP contribution in [0.2, 0.25) is 0 Å². The van der Waals surface area contributed by atoms with Gasteiger partial charge in [-0.25, -0.2) is 0 Å². The number of rotatable bonds is 6. The van der Waals surface area contributed by atoms with Crippen molar-refractivity contribution in [3.05, 3.63) is 69.4 Å². The van der Waals surface area contributed by atoms with Crippen molar-refractivity contribution in [3.8, 4) is 11.1 Å². The number of carbonyl (C=O) groups excluding carboxylic acids is 2. The molecule has 0 atom stereocenters. The first-order valence-corrected chi connectivity index (χ1v) is 14.4. The summed E-state index contributed by atoms with van der Waals surface area (Å²) in [6.07, 6.45) is 5.99. The van der Waals surface area contributed by atoms with Crippen LogP contribution < -0.4 is 4.31 Å². The van der Waals surface area contributed by atoms with Crippen LogP contribution in [0.25, 0.3) is 16.7 Å². The fourth-order valence-electron chi connectivity index (χ4n) is 4.60. The minimum absolute atomic E-state index is 0.369. The summed E-state index contributed by atoms with van der Waals surface area (Å²) in [5.74, 6) is 0. The molecule has 0 saturated heterocycles. The molecule has 1 N–H and O–H groups in total. The summed E-state index contributed by atoms with van der Waals surface area (Å²) in [6, 6.07) is 8.50. The molecule has 0 unspecified atom stereocenters. The Labute approximate surface area is 241 Å². The minimum Gasteiger partial charge on any atom is -0.400 e. The maximum Gasteiger partial charge on any atom is 0.143 e. The van der Waals surface area contributed by atoms with Gasteiger partial charge in [-0.15, -0.1) is 0 Å². The van der Waals surface area contributed by atoms with Crippen molar-refractivity contribution in [1.82, 2.24) is 4.90 Å². The topological polar surface area (TPSA) is 60.9 Å². The Balaban J connectivity index is 0.000000975. The minimum atomic E-state index is 0.369. The molecule has 0 aliphatic carbocycles. The van der Waals surface area contributed by atoms with Gasteiger partial charge in [0.05, 0.1) is 12.2 Å². The Morgan fingerprint density at radius 2 is 1.54 bits per heavy atom. The monoisotopic (exact) mass is 552 g/mol. The average molecular weight is 553 g/mol. The number of aryl methyl sites for hydroxylation is 1. The van der Waals surface area contributed by atoms with E-state index in [0.717, 1.165) is 75.6 Å². The molecule has 0 bridgehead atoms. The maximum atomic E-state index is 11.7. The summed E-state index contributed by atoms with van der Waals surface area (Å²) in [6.45, 7) is 17.8. The quantitative estimate of drug-likeness (QED) is 0.232. The predicted octanol–water partition coefficient (Wildman–Crippen LogP) is 7.20. The first-order valence-electron chi connectivity index (χ1n) is 13.2. The normalized spacial score (nSPS) is 14.9. The van der Waals surface area contributed by atoms with E-state index in [1.54, 1.807) is 18.0 Å². The van der Waals surface area contributed by atoms with Gasteiger partial charge in [-0.05, 0) is 72.6 Å². The third-order valence-electron chi connectivity index (χ3n) is 6.38. The van der Waals surface area contributed by atoms with E-state index in [0.29, 0.717) is 18.4 Å². The van der Waals surface area contributed by atoms with Crippen LogP contribution in [0, 0.1) is 26.2 Å². The highest BCUT2D eigenvalue weighted by molar-refractivity contribution is 8.00. The molecule has 5 nitrogen and oxygen atoms in total. The lowest BCUT2D eigenvalue weighted by Gasteiger charge is -2.38. The van der Waals surface area contributed by atoms with Crippen molar-refractivity contribution in [2.45, 2.75) is 61.8 Å². The lowest BCUT2D eigenvalue weighted by Crippen LogP contribution is -2.28. The van der Waals surface area contributed by atoms with E-state index in [1.807, 2.05) is 14.1 Å². The molecule has 214 valence electrons. The van der Waals surface area contributed by atoms with Crippen molar-refractivity contribution >= 4 is 35.8 Å². The second-order valence-electron chi connectivity index (χ2n) is 11.5. The number of hydrogen-bond acceptors (Lipinski definition) is 6. The van der Waals surface area contributed by atoms with Crippen LogP contribution in [-0.4, -0.2) is 56.6 Å². The van der Waals surface area contributed by atoms with E-state index in [9.17, 15) is 9.59 Å². The number of aldehydes is 2. The Morgan fingerprint density at radius 3 is 1.97 bits per heavy atom. The standard InChI is InChI=1S/C27H32N2O2S.C5H12.CH4O/c1-17-8-10-21(11-9-17)24-19(3)25-26(20(4)28(5)6)22(12-14-30)16-29(32-7)27(25)18(2)23(24)13-15-31;1-5(2,3)4;1-2/h8-12,14-15H,13,16H2,1-7H3;1-4H3;2H,1H3/b22-12-,26-20+;;. The summed E-state index contributed by atoms with van der Waals surface area (Å²) in [5.41, 5.74) is 12.8. The molecule has 0 aromatic heterocycles. The Kier molecular flexibility index (Phi) is 13.2. The third kappa shape index (κ3) is 8.58. The smallest absolute Gasteiger partial charge is 0.143 e. The second kappa shape index (κ2) is 15.1. The van der Waals surface area contributed by atoms with Crippen LogP contribution in [0.3, 0.4) is 0 Å². The predicted molar refractivity (Wildman–Crippen MR) is 170 cm³/mol. The average Bonchev–Trinajstić information content (AvgIpc) is 2.87. The molecule has 1 heterocycles. The van der Waals surface area contributed by atoms with Gasteiger partial charge in [0.15, 0.2) is 0 Å². The van der Waals surface area contributed by atoms with E-state index in [4.69, 9.17) is 5.11 Å². The highest BCUT2D eigenvalue weighted by atomic mass is 32.2. The molecule has 39 heavy (non-hydrogen) atoms. The van der Waals surface area contributed by atoms with E-state index < -0.39 is 0 Å². The Hall–Kier alpha value is -2.83. The van der Waals surface area contributed by atoms with Gasteiger partial charge in [0.25, 0.3) is 0 Å². The molecule has 1 aliphatic heterocycles. The summed E-state index contributed by atoms with van der Waals surface area (Å²) in [4.78, 5) is 25.4. The van der Waals surface area contributed by atoms with Crippen molar-refractivity contribution in [2.24, 2.45) is 5.41 Å². The van der Waals surface area contributed by atoms with Crippen molar-refractivity contribution in [1.29, 1.82) is 0 Å². The molecule has 3 rings (SSSR count). The number of benzene rings is 2. The largest absolute Gasteiger partial charge is 0.400 e. The molecule has 0 fully saturated rings. The first kappa shape index (κ1) is 34.2. The zero-order chi connectivity index (χ0) is 30.1. The van der Waals surface area contributed by atoms with Gasteiger partial charge in [-0.2, -0.15) is 0 Å². The highest BCUT2D eigenvalue weighted by Gasteiger charge is 2.32. The van der Waals surface area contributed by atoms with Crippen LogP contribution in [0.1, 0.15) is 62.4 Å². The van der Waals surface area contributed by atoms with Gasteiger partial charge >= 0.3 is 0 Å². The molecule has 0 amide bonds. The number of carbonyl (C=O) groups is 2. The van der Waals surface area contributed by atoms with E-state index >= 15 is 0 Å². The Morgan fingerprint density at radius 1 is 1.00 bits per heavy atom. The number of aliphatic hydroxyl groups is 1. The van der Waals surface area contributed by atoms with E-state index in [-0.39, 0.29) is 0 Å². The number of nitrogens with zero attached hydrogens (tertiary/aromatic N) is 2. The maximum absolute atomic E-state index is 11.7. The van der Waals surface area contributed by atoms with E-state index in [2.05, 4.69) is 95.1 Å². The van der Waals surface area contributed by atoms with Crippen LogP contribution in [0.4, 0.5) is 5.69 Å². The zero-order valence-corrected chi connectivity index (χ0v) is 26.8. The molecule has 0 radical (unpaired) electrons. The van der Waals surface area contributed by atoms with Crippen LogP contribution >= 0.6 is 11.9 Å². The van der Waals surface area contributed by atoms with Gasteiger partial charge in [0.2, 0.25) is 0 Å². The van der Waals surface area contributed by atoms with Gasteiger partial charge in [0, 0.05) is 50.7 Å². The van der Waals surface area contributed by atoms with Gasteiger partial charge in [-0.1, -0.05) is 69.5 Å². The first-order chi connectivity index (χ1) is 18.3. The fourth-order valence-corrected chi connectivity index (χ4v) is 5.28. The molecule has 0 saturated carbocycles. The SMILES string of the molecule is CC(C)(C)C.CO.CSN1CC(=C/C=O)/C(=C(/C)N(C)C)c2c(C)c(-c3ccc(C)cc3)c(CC=O)c(C)c21. The van der Waals surface area contributed by atoms with Crippen molar-refractivity contribution in [3.63, 3.8) is 0 Å². The molecular formula is C33H48N2O3S. The highest BCUT2D eigenvalue weighted by Crippen LogP contribution is 2.49.